The average molecular weight is 301 g/mol. The molecular formula is C14H14Cl2OS. The Bertz CT molecular complexity index is 522. The molecule has 18 heavy (non-hydrogen) atoms. The van der Waals surface area contributed by atoms with Crippen molar-refractivity contribution in [3.05, 3.63) is 51.2 Å². The van der Waals surface area contributed by atoms with Gasteiger partial charge in [-0.15, -0.1) is 22.9 Å². The van der Waals surface area contributed by atoms with Gasteiger partial charge in [-0.3, -0.25) is 0 Å². The number of halogens is 2. The van der Waals surface area contributed by atoms with E-state index in [1.165, 1.54) is 0 Å². The van der Waals surface area contributed by atoms with E-state index in [9.17, 15) is 0 Å². The van der Waals surface area contributed by atoms with Crippen molar-refractivity contribution in [3.8, 4) is 5.75 Å². The Morgan fingerprint density at radius 2 is 2.00 bits per heavy atom. The SMILES string of the molecule is CC(C)Oc1cccc(C(Cl)c2sccc2Cl)c1. The molecule has 4 heteroatoms. The molecule has 1 atom stereocenters. The summed E-state index contributed by atoms with van der Waals surface area (Å²) in [6.07, 6.45) is 0.152. The number of ether oxygens (including phenoxy) is 1. The first-order valence-electron chi connectivity index (χ1n) is 5.71. The second-order valence-electron chi connectivity index (χ2n) is 4.23. The normalized spacial score (nSPS) is 12.7. The molecule has 0 saturated heterocycles. The molecular weight excluding hydrogens is 287 g/mol. The fourth-order valence-electron chi connectivity index (χ4n) is 1.66. The van der Waals surface area contributed by atoms with Crippen LogP contribution < -0.4 is 4.74 Å². The minimum absolute atomic E-state index is 0.152. The van der Waals surface area contributed by atoms with Gasteiger partial charge in [-0.25, -0.2) is 0 Å². The summed E-state index contributed by atoms with van der Waals surface area (Å²) in [5, 5.41) is 2.44. The molecule has 0 spiro atoms. The monoisotopic (exact) mass is 300 g/mol. The number of hydrogen-bond donors (Lipinski definition) is 0. The predicted octanol–water partition coefficient (Wildman–Crippen LogP) is 5.52. The van der Waals surface area contributed by atoms with Gasteiger partial charge in [-0.2, -0.15) is 0 Å². The molecule has 0 aliphatic carbocycles. The van der Waals surface area contributed by atoms with Crippen molar-refractivity contribution in [1.29, 1.82) is 0 Å². The van der Waals surface area contributed by atoms with E-state index in [0.29, 0.717) is 0 Å². The molecule has 1 heterocycles. The lowest BCUT2D eigenvalue weighted by Gasteiger charge is -2.13. The average Bonchev–Trinajstić information content (AvgIpc) is 2.74. The second-order valence-corrected chi connectivity index (χ2v) is 6.03. The molecule has 96 valence electrons. The van der Waals surface area contributed by atoms with Crippen molar-refractivity contribution in [3.63, 3.8) is 0 Å². The Morgan fingerprint density at radius 1 is 1.22 bits per heavy atom. The number of benzene rings is 1. The molecule has 1 aromatic carbocycles. The van der Waals surface area contributed by atoms with Crippen LogP contribution in [0.25, 0.3) is 0 Å². The minimum atomic E-state index is -0.229. The van der Waals surface area contributed by atoms with E-state index in [-0.39, 0.29) is 11.5 Å². The van der Waals surface area contributed by atoms with Crippen molar-refractivity contribution in [2.24, 2.45) is 0 Å². The molecule has 0 radical (unpaired) electrons. The van der Waals surface area contributed by atoms with Gasteiger partial charge in [0, 0.05) is 4.88 Å². The molecule has 0 amide bonds. The van der Waals surface area contributed by atoms with Gasteiger partial charge >= 0.3 is 0 Å². The van der Waals surface area contributed by atoms with Crippen LogP contribution >= 0.6 is 34.5 Å². The van der Waals surface area contributed by atoms with E-state index < -0.39 is 0 Å². The highest BCUT2D eigenvalue weighted by atomic mass is 35.5. The van der Waals surface area contributed by atoms with Crippen LogP contribution in [0.15, 0.2) is 35.7 Å². The van der Waals surface area contributed by atoms with Crippen LogP contribution in [0.4, 0.5) is 0 Å². The van der Waals surface area contributed by atoms with Crippen LogP contribution in [0.1, 0.15) is 29.7 Å². The maximum atomic E-state index is 6.46. The third-order valence-corrected chi connectivity index (χ3v) is 4.42. The highest BCUT2D eigenvalue weighted by molar-refractivity contribution is 7.11. The van der Waals surface area contributed by atoms with Crippen LogP contribution in [-0.4, -0.2) is 6.10 Å². The maximum Gasteiger partial charge on any atom is 0.120 e. The summed E-state index contributed by atoms with van der Waals surface area (Å²) in [6, 6.07) is 9.70. The van der Waals surface area contributed by atoms with Gasteiger partial charge in [0.15, 0.2) is 0 Å². The predicted molar refractivity (Wildman–Crippen MR) is 79.2 cm³/mol. The molecule has 0 N–H and O–H groups in total. The zero-order valence-corrected chi connectivity index (χ0v) is 12.5. The zero-order chi connectivity index (χ0) is 13.1. The highest BCUT2D eigenvalue weighted by Crippen LogP contribution is 2.38. The molecule has 1 nitrogen and oxygen atoms in total. The lowest BCUT2D eigenvalue weighted by atomic mass is 10.1. The molecule has 2 aromatic rings. The second kappa shape index (κ2) is 5.96. The van der Waals surface area contributed by atoms with Gasteiger partial charge in [0.2, 0.25) is 0 Å². The van der Waals surface area contributed by atoms with Gasteiger partial charge in [-0.05, 0) is 43.0 Å². The van der Waals surface area contributed by atoms with Gasteiger partial charge in [0.25, 0.3) is 0 Å². The minimum Gasteiger partial charge on any atom is -0.491 e. The number of alkyl halides is 1. The van der Waals surface area contributed by atoms with E-state index >= 15 is 0 Å². The first-order valence-corrected chi connectivity index (χ1v) is 7.41. The van der Waals surface area contributed by atoms with Crippen molar-refractivity contribution < 1.29 is 4.74 Å². The summed E-state index contributed by atoms with van der Waals surface area (Å²) in [5.74, 6) is 0.834. The van der Waals surface area contributed by atoms with Gasteiger partial charge in [-0.1, -0.05) is 23.7 Å². The summed E-state index contributed by atoms with van der Waals surface area (Å²) in [5.41, 5.74) is 0.999. The topological polar surface area (TPSA) is 9.23 Å². The largest absolute Gasteiger partial charge is 0.491 e. The molecule has 1 unspecified atom stereocenters. The molecule has 0 saturated carbocycles. The summed E-state index contributed by atoms with van der Waals surface area (Å²) >= 11 is 14.1. The van der Waals surface area contributed by atoms with Crippen LogP contribution in [-0.2, 0) is 0 Å². The van der Waals surface area contributed by atoms with Crippen molar-refractivity contribution in [2.75, 3.05) is 0 Å². The fraction of sp³-hybridized carbons (Fsp3) is 0.286. The Labute approximate surface area is 121 Å². The van der Waals surface area contributed by atoms with E-state index in [1.54, 1.807) is 11.3 Å². The Kier molecular flexibility index (Phi) is 4.55. The van der Waals surface area contributed by atoms with Gasteiger partial charge in [0.1, 0.15) is 5.75 Å². The van der Waals surface area contributed by atoms with E-state index in [0.717, 1.165) is 21.2 Å². The number of hydrogen-bond acceptors (Lipinski definition) is 2. The lowest BCUT2D eigenvalue weighted by Crippen LogP contribution is -2.05. The zero-order valence-electron chi connectivity index (χ0n) is 10.2. The summed E-state index contributed by atoms with van der Waals surface area (Å²) in [7, 11) is 0. The van der Waals surface area contributed by atoms with Crippen LogP contribution in [0.2, 0.25) is 5.02 Å². The summed E-state index contributed by atoms with van der Waals surface area (Å²) < 4.78 is 5.66. The first-order chi connectivity index (χ1) is 8.58. The van der Waals surface area contributed by atoms with E-state index in [1.807, 2.05) is 49.6 Å². The summed E-state index contributed by atoms with van der Waals surface area (Å²) in [6.45, 7) is 4.00. The van der Waals surface area contributed by atoms with Gasteiger partial charge in [0.05, 0.1) is 16.5 Å². The Hall–Kier alpha value is -0.700. The molecule has 0 fully saturated rings. The van der Waals surface area contributed by atoms with E-state index in [4.69, 9.17) is 27.9 Å². The van der Waals surface area contributed by atoms with E-state index in [2.05, 4.69) is 0 Å². The maximum absolute atomic E-state index is 6.46. The molecule has 1 aromatic heterocycles. The third kappa shape index (κ3) is 3.19. The fourth-order valence-corrected chi connectivity index (χ4v) is 3.29. The van der Waals surface area contributed by atoms with Gasteiger partial charge < -0.3 is 4.74 Å². The van der Waals surface area contributed by atoms with Crippen LogP contribution in [0.5, 0.6) is 5.75 Å². The third-order valence-electron chi connectivity index (χ3n) is 2.40. The summed E-state index contributed by atoms with van der Waals surface area (Å²) in [4.78, 5) is 0.972. The van der Waals surface area contributed by atoms with Crippen LogP contribution in [0, 0.1) is 0 Å². The first kappa shape index (κ1) is 13.7. The van der Waals surface area contributed by atoms with Crippen molar-refractivity contribution in [2.45, 2.75) is 25.3 Å². The molecule has 2 rings (SSSR count). The molecule has 0 aliphatic rings. The standard InChI is InChI=1S/C14H14Cl2OS/c1-9(2)17-11-5-3-4-10(8-11)13(16)14-12(15)6-7-18-14/h3-9,13H,1-2H3. The highest BCUT2D eigenvalue weighted by Gasteiger charge is 2.16. The van der Waals surface area contributed by atoms with Crippen molar-refractivity contribution >= 4 is 34.5 Å². The number of thiophene rings is 1. The smallest absolute Gasteiger partial charge is 0.120 e. The van der Waals surface area contributed by atoms with Crippen molar-refractivity contribution in [1.82, 2.24) is 0 Å². The lowest BCUT2D eigenvalue weighted by molar-refractivity contribution is 0.242. The quantitative estimate of drug-likeness (QED) is 0.676. The van der Waals surface area contributed by atoms with Crippen LogP contribution in [0.3, 0.4) is 0 Å². The Balaban J connectivity index is 2.25. The molecule has 0 aliphatic heterocycles. The molecule has 0 bridgehead atoms. The Morgan fingerprint density at radius 3 is 2.61 bits per heavy atom. The number of rotatable bonds is 4.